The summed E-state index contributed by atoms with van der Waals surface area (Å²) < 4.78 is 5.34. The van der Waals surface area contributed by atoms with Crippen LogP contribution in [0.5, 0.6) is 0 Å². The fraction of sp³-hybridized carbons (Fsp3) is 0.235. The lowest BCUT2D eigenvalue weighted by molar-refractivity contribution is 0.393. The number of aromatic amines is 1. The third kappa shape index (κ3) is 2.17. The molecule has 3 heterocycles. The van der Waals surface area contributed by atoms with Crippen molar-refractivity contribution >= 4 is 22.4 Å². The Bertz CT molecular complexity index is 1010. The smallest absolute Gasteiger partial charge is 0.141 e. The number of nitrogens with one attached hydrogen (secondary N) is 1. The average molecular weight is 324 g/mol. The molecule has 0 aliphatic heterocycles. The summed E-state index contributed by atoms with van der Waals surface area (Å²) in [6.07, 6.45) is 0. The summed E-state index contributed by atoms with van der Waals surface area (Å²) in [6.45, 7) is 7.90. The molecule has 0 fully saturated rings. The first kappa shape index (κ1) is 14.1. The molecule has 23 heavy (non-hydrogen) atoms. The van der Waals surface area contributed by atoms with E-state index in [9.17, 15) is 0 Å². The van der Waals surface area contributed by atoms with Crippen LogP contribution < -0.4 is 0 Å². The van der Waals surface area contributed by atoms with Crippen LogP contribution in [0.2, 0.25) is 0 Å². The van der Waals surface area contributed by atoms with E-state index in [1.54, 1.807) is 11.3 Å². The number of aromatic nitrogens is 4. The van der Waals surface area contributed by atoms with Crippen LogP contribution in [-0.4, -0.2) is 20.1 Å². The van der Waals surface area contributed by atoms with Gasteiger partial charge in [-0.1, -0.05) is 5.16 Å². The van der Waals surface area contributed by atoms with Crippen LogP contribution in [0, 0.1) is 27.7 Å². The van der Waals surface area contributed by atoms with Crippen molar-refractivity contribution in [2.75, 3.05) is 0 Å². The number of nitrogens with zero attached hydrogens (tertiary/aromatic N) is 3. The largest absolute Gasteiger partial charge is 0.361 e. The van der Waals surface area contributed by atoms with Crippen LogP contribution in [0.3, 0.4) is 0 Å². The van der Waals surface area contributed by atoms with Gasteiger partial charge in [0.1, 0.15) is 11.6 Å². The van der Waals surface area contributed by atoms with Crippen LogP contribution >= 0.6 is 11.3 Å². The zero-order valence-electron chi connectivity index (χ0n) is 13.4. The Morgan fingerprint density at radius 1 is 1.09 bits per heavy atom. The minimum Gasteiger partial charge on any atom is -0.361 e. The van der Waals surface area contributed by atoms with Gasteiger partial charge in [0.2, 0.25) is 0 Å². The Hall–Kier alpha value is -2.47. The molecule has 0 saturated carbocycles. The molecule has 1 aromatic carbocycles. The zero-order valence-corrected chi connectivity index (χ0v) is 14.2. The molecule has 0 atom stereocenters. The molecule has 6 heteroatoms. The van der Waals surface area contributed by atoms with Crippen LogP contribution in [0.1, 0.15) is 23.0 Å². The normalized spacial score (nSPS) is 11.5. The number of fused-ring (bicyclic) bond motifs is 1. The molecule has 0 radical (unpaired) electrons. The lowest BCUT2D eigenvalue weighted by Gasteiger charge is -2.06. The van der Waals surface area contributed by atoms with Gasteiger partial charge in [0.25, 0.3) is 0 Å². The Balaban J connectivity index is 2.07. The second-order valence-corrected chi connectivity index (χ2v) is 6.56. The highest BCUT2D eigenvalue weighted by atomic mass is 32.1. The minimum atomic E-state index is 0.824. The third-order valence-corrected chi connectivity index (χ3v) is 4.98. The van der Waals surface area contributed by atoms with Gasteiger partial charge in [0, 0.05) is 11.1 Å². The molecule has 5 nitrogen and oxygen atoms in total. The molecule has 3 aromatic heterocycles. The predicted molar refractivity (Wildman–Crippen MR) is 91.6 cm³/mol. The molecule has 4 aromatic rings. The lowest BCUT2D eigenvalue weighted by atomic mass is 9.99. The van der Waals surface area contributed by atoms with E-state index in [0.29, 0.717) is 0 Å². The highest BCUT2D eigenvalue weighted by Crippen LogP contribution is 2.38. The maximum atomic E-state index is 5.34. The Morgan fingerprint density at radius 3 is 2.57 bits per heavy atom. The second kappa shape index (κ2) is 5.03. The van der Waals surface area contributed by atoms with Crippen LogP contribution in [-0.2, 0) is 0 Å². The van der Waals surface area contributed by atoms with Crippen molar-refractivity contribution in [2.24, 2.45) is 0 Å². The van der Waals surface area contributed by atoms with Gasteiger partial charge in [-0.2, -0.15) is 0 Å². The first-order valence-corrected chi connectivity index (χ1v) is 8.26. The molecule has 4 rings (SSSR count). The van der Waals surface area contributed by atoms with E-state index < -0.39 is 0 Å². The van der Waals surface area contributed by atoms with Crippen LogP contribution in [0.15, 0.2) is 22.2 Å². The zero-order chi connectivity index (χ0) is 16.1. The third-order valence-electron chi connectivity index (χ3n) is 4.02. The lowest BCUT2D eigenvalue weighted by Crippen LogP contribution is -1.87. The fourth-order valence-corrected chi connectivity index (χ4v) is 3.84. The molecule has 0 aliphatic carbocycles. The first-order chi connectivity index (χ1) is 11.0. The summed E-state index contributed by atoms with van der Waals surface area (Å²) in [5.41, 5.74) is 9.01. The maximum Gasteiger partial charge on any atom is 0.141 e. The predicted octanol–water partition coefficient (Wildman–Crippen LogP) is 4.58. The molecule has 1 N–H and O–H groups in total. The molecule has 0 amide bonds. The SMILES string of the molecule is Cc1nc2c(-c3scnc3C)cc(-c3c(C)noc3C)cc2[nH]1. The molecule has 0 spiro atoms. The van der Waals surface area contributed by atoms with Gasteiger partial charge in [-0.05, 0) is 45.4 Å². The van der Waals surface area contributed by atoms with Crippen molar-refractivity contribution in [1.82, 2.24) is 20.1 Å². The van der Waals surface area contributed by atoms with Gasteiger partial charge in [-0.25, -0.2) is 9.97 Å². The van der Waals surface area contributed by atoms with Crippen molar-refractivity contribution in [3.05, 3.63) is 40.6 Å². The Morgan fingerprint density at radius 2 is 1.91 bits per heavy atom. The van der Waals surface area contributed by atoms with Gasteiger partial charge in [0.15, 0.2) is 0 Å². The second-order valence-electron chi connectivity index (χ2n) is 5.71. The first-order valence-electron chi connectivity index (χ1n) is 7.38. The van der Waals surface area contributed by atoms with E-state index in [1.807, 2.05) is 33.2 Å². The quantitative estimate of drug-likeness (QED) is 0.586. The summed E-state index contributed by atoms with van der Waals surface area (Å²) >= 11 is 1.64. The number of hydrogen-bond donors (Lipinski definition) is 1. The van der Waals surface area contributed by atoms with Crippen LogP contribution in [0.4, 0.5) is 0 Å². The molecule has 0 bridgehead atoms. The van der Waals surface area contributed by atoms with E-state index in [2.05, 4.69) is 32.2 Å². The van der Waals surface area contributed by atoms with E-state index in [-0.39, 0.29) is 0 Å². The molecular formula is C17H16N4OS. The summed E-state index contributed by atoms with van der Waals surface area (Å²) in [7, 11) is 0. The van der Waals surface area contributed by atoms with Gasteiger partial charge in [-0.3, -0.25) is 0 Å². The molecule has 0 saturated heterocycles. The summed E-state index contributed by atoms with van der Waals surface area (Å²) in [5, 5.41) is 4.08. The fourth-order valence-electron chi connectivity index (χ4n) is 3.01. The highest BCUT2D eigenvalue weighted by molar-refractivity contribution is 7.13. The monoisotopic (exact) mass is 324 g/mol. The van der Waals surface area contributed by atoms with Gasteiger partial charge in [-0.15, -0.1) is 11.3 Å². The van der Waals surface area contributed by atoms with Crippen molar-refractivity contribution < 1.29 is 4.52 Å². The minimum absolute atomic E-state index is 0.824. The van der Waals surface area contributed by atoms with E-state index >= 15 is 0 Å². The standard InChI is InChI=1S/C17H16N4OS/c1-8-15(10(3)22-21-8)12-5-13(17-9(2)18-7-23-17)16-14(6-12)19-11(4)20-16/h5-7H,1-4H3,(H,19,20). The summed E-state index contributed by atoms with van der Waals surface area (Å²) in [5.74, 6) is 1.73. The van der Waals surface area contributed by atoms with Crippen molar-refractivity contribution in [3.63, 3.8) is 0 Å². The average Bonchev–Trinajstić information content (AvgIpc) is 3.17. The van der Waals surface area contributed by atoms with Gasteiger partial charge >= 0.3 is 0 Å². The van der Waals surface area contributed by atoms with E-state index in [4.69, 9.17) is 4.52 Å². The van der Waals surface area contributed by atoms with Crippen LogP contribution in [0.25, 0.3) is 32.6 Å². The maximum absolute atomic E-state index is 5.34. The molecule has 0 aliphatic rings. The van der Waals surface area contributed by atoms with E-state index in [0.717, 1.165) is 55.6 Å². The highest BCUT2D eigenvalue weighted by Gasteiger charge is 2.18. The molecule has 0 unspecified atom stereocenters. The number of aryl methyl sites for hydroxylation is 4. The number of thiazole rings is 1. The number of H-pyrrole nitrogens is 1. The van der Waals surface area contributed by atoms with Crippen molar-refractivity contribution in [1.29, 1.82) is 0 Å². The van der Waals surface area contributed by atoms with Gasteiger partial charge in [0.05, 0.1) is 32.8 Å². The Kier molecular flexibility index (Phi) is 3.09. The van der Waals surface area contributed by atoms with Crippen molar-refractivity contribution in [3.8, 4) is 21.6 Å². The van der Waals surface area contributed by atoms with Gasteiger partial charge < -0.3 is 9.51 Å². The number of imidazole rings is 1. The number of hydrogen-bond acceptors (Lipinski definition) is 5. The number of rotatable bonds is 2. The van der Waals surface area contributed by atoms with E-state index in [1.165, 1.54) is 0 Å². The number of benzene rings is 1. The van der Waals surface area contributed by atoms with Crippen molar-refractivity contribution in [2.45, 2.75) is 27.7 Å². The topological polar surface area (TPSA) is 67.6 Å². The Labute approximate surface area is 137 Å². The molecule has 116 valence electrons. The molecular weight excluding hydrogens is 308 g/mol. The summed E-state index contributed by atoms with van der Waals surface area (Å²) in [4.78, 5) is 13.5. The summed E-state index contributed by atoms with van der Waals surface area (Å²) in [6, 6.07) is 4.28.